The van der Waals surface area contributed by atoms with Crippen molar-refractivity contribution in [1.82, 2.24) is 15.0 Å². The smallest absolute Gasteiger partial charge is 0.227 e. The molecule has 2 saturated heterocycles. The predicted octanol–water partition coefficient (Wildman–Crippen LogP) is 1.55. The van der Waals surface area contributed by atoms with Gasteiger partial charge in [-0.1, -0.05) is 5.16 Å². The maximum atomic E-state index is 12.6. The first kappa shape index (κ1) is 16.5. The van der Waals surface area contributed by atoms with Crippen LogP contribution in [0.3, 0.4) is 0 Å². The molecule has 2 fully saturated rings. The van der Waals surface area contributed by atoms with Gasteiger partial charge in [-0.3, -0.25) is 9.69 Å². The Bertz CT molecular complexity index is 518. The Morgan fingerprint density at radius 2 is 2.09 bits per heavy atom. The third kappa shape index (κ3) is 4.12. The van der Waals surface area contributed by atoms with Crippen molar-refractivity contribution in [3.05, 3.63) is 17.0 Å². The van der Waals surface area contributed by atoms with Gasteiger partial charge < -0.3 is 14.2 Å². The summed E-state index contributed by atoms with van der Waals surface area (Å²) in [4.78, 5) is 17.0. The Morgan fingerprint density at radius 3 is 2.78 bits per heavy atom. The van der Waals surface area contributed by atoms with Crippen LogP contribution in [0.15, 0.2) is 4.52 Å². The van der Waals surface area contributed by atoms with Crippen molar-refractivity contribution in [1.29, 1.82) is 0 Å². The van der Waals surface area contributed by atoms with Crippen molar-refractivity contribution in [2.24, 2.45) is 0 Å². The SMILES string of the molecule is Cc1noc(C)c1CC(=O)N1CCCN(C[C@@H]2CCCO2)CC1. The molecule has 6 heteroatoms. The van der Waals surface area contributed by atoms with Crippen molar-refractivity contribution in [2.45, 2.75) is 45.6 Å². The molecule has 3 rings (SSSR count). The van der Waals surface area contributed by atoms with Crippen molar-refractivity contribution < 1.29 is 14.1 Å². The summed E-state index contributed by atoms with van der Waals surface area (Å²) >= 11 is 0. The quantitative estimate of drug-likeness (QED) is 0.842. The molecule has 0 saturated carbocycles. The minimum atomic E-state index is 0.179. The molecule has 1 aromatic rings. The van der Waals surface area contributed by atoms with E-state index in [1.807, 2.05) is 18.7 Å². The van der Waals surface area contributed by atoms with E-state index in [2.05, 4.69) is 10.1 Å². The van der Waals surface area contributed by atoms with E-state index in [1.54, 1.807) is 0 Å². The normalized spacial score (nSPS) is 23.2. The Labute approximate surface area is 137 Å². The highest BCUT2D eigenvalue weighted by atomic mass is 16.5. The molecular weight excluding hydrogens is 294 g/mol. The molecule has 0 aliphatic carbocycles. The molecule has 23 heavy (non-hydrogen) atoms. The Kier molecular flexibility index (Phi) is 5.33. The Balaban J connectivity index is 1.51. The molecule has 6 nitrogen and oxygen atoms in total. The Morgan fingerprint density at radius 1 is 1.22 bits per heavy atom. The number of hydrogen-bond donors (Lipinski definition) is 0. The molecule has 2 aliphatic heterocycles. The average molecular weight is 321 g/mol. The van der Waals surface area contributed by atoms with E-state index in [-0.39, 0.29) is 5.91 Å². The summed E-state index contributed by atoms with van der Waals surface area (Å²) in [5, 5.41) is 3.93. The van der Waals surface area contributed by atoms with Gasteiger partial charge >= 0.3 is 0 Å². The van der Waals surface area contributed by atoms with Gasteiger partial charge in [0.25, 0.3) is 0 Å². The number of aryl methyl sites for hydroxylation is 2. The molecule has 0 bridgehead atoms. The van der Waals surface area contributed by atoms with E-state index in [0.717, 1.165) is 62.8 Å². The van der Waals surface area contributed by atoms with Crippen LogP contribution in [0.2, 0.25) is 0 Å². The molecule has 0 radical (unpaired) electrons. The molecule has 3 heterocycles. The predicted molar refractivity (Wildman–Crippen MR) is 86.3 cm³/mol. The lowest BCUT2D eigenvalue weighted by Gasteiger charge is -2.24. The molecule has 128 valence electrons. The number of nitrogens with zero attached hydrogens (tertiary/aromatic N) is 3. The van der Waals surface area contributed by atoms with Crippen LogP contribution in [0.25, 0.3) is 0 Å². The van der Waals surface area contributed by atoms with Crippen LogP contribution >= 0.6 is 0 Å². The lowest BCUT2D eigenvalue weighted by Crippen LogP contribution is -2.38. The summed E-state index contributed by atoms with van der Waals surface area (Å²) in [6.45, 7) is 9.30. The topological polar surface area (TPSA) is 58.8 Å². The van der Waals surface area contributed by atoms with Crippen molar-refractivity contribution >= 4 is 5.91 Å². The van der Waals surface area contributed by atoms with Crippen LogP contribution in [-0.2, 0) is 16.0 Å². The van der Waals surface area contributed by atoms with Crippen LogP contribution in [0.5, 0.6) is 0 Å². The van der Waals surface area contributed by atoms with Crippen LogP contribution in [0.1, 0.15) is 36.3 Å². The van der Waals surface area contributed by atoms with Gasteiger partial charge in [-0.05, 0) is 39.7 Å². The van der Waals surface area contributed by atoms with Gasteiger partial charge in [-0.25, -0.2) is 0 Å². The number of amides is 1. The molecule has 1 atom stereocenters. The highest BCUT2D eigenvalue weighted by Gasteiger charge is 2.24. The van der Waals surface area contributed by atoms with Gasteiger partial charge in [0.2, 0.25) is 5.91 Å². The van der Waals surface area contributed by atoms with Gasteiger partial charge in [-0.15, -0.1) is 0 Å². The zero-order valence-corrected chi connectivity index (χ0v) is 14.2. The maximum absolute atomic E-state index is 12.6. The third-order valence-corrected chi connectivity index (χ3v) is 4.94. The summed E-state index contributed by atoms with van der Waals surface area (Å²) in [5.74, 6) is 0.934. The summed E-state index contributed by atoms with van der Waals surface area (Å²) in [7, 11) is 0. The fourth-order valence-corrected chi connectivity index (χ4v) is 3.50. The molecule has 0 aromatic carbocycles. The fourth-order valence-electron chi connectivity index (χ4n) is 3.50. The fraction of sp³-hybridized carbons (Fsp3) is 0.765. The third-order valence-electron chi connectivity index (χ3n) is 4.94. The number of aromatic nitrogens is 1. The summed E-state index contributed by atoms with van der Waals surface area (Å²) in [6.07, 6.45) is 4.16. The maximum Gasteiger partial charge on any atom is 0.227 e. The number of hydrogen-bond acceptors (Lipinski definition) is 5. The van der Waals surface area contributed by atoms with Gasteiger partial charge in [0.15, 0.2) is 0 Å². The highest BCUT2D eigenvalue weighted by Crippen LogP contribution is 2.17. The first-order valence-electron chi connectivity index (χ1n) is 8.67. The second-order valence-corrected chi connectivity index (χ2v) is 6.65. The number of rotatable bonds is 4. The minimum Gasteiger partial charge on any atom is -0.377 e. The minimum absolute atomic E-state index is 0.179. The molecular formula is C17H27N3O3. The van der Waals surface area contributed by atoms with Crippen LogP contribution < -0.4 is 0 Å². The first-order valence-corrected chi connectivity index (χ1v) is 8.67. The standard InChI is InChI=1S/C17H27N3O3/c1-13-16(14(2)23-18-13)11-17(21)20-7-4-6-19(8-9-20)12-15-5-3-10-22-15/h15H,3-12H2,1-2H3/t15-/m0/s1. The average Bonchev–Trinajstić information content (AvgIpc) is 3.07. The lowest BCUT2D eigenvalue weighted by atomic mass is 10.1. The van der Waals surface area contributed by atoms with Crippen molar-refractivity contribution in [3.63, 3.8) is 0 Å². The van der Waals surface area contributed by atoms with Crippen LogP contribution in [0, 0.1) is 13.8 Å². The largest absolute Gasteiger partial charge is 0.377 e. The molecule has 0 N–H and O–H groups in total. The summed E-state index contributed by atoms with van der Waals surface area (Å²) in [5.41, 5.74) is 1.76. The van der Waals surface area contributed by atoms with E-state index >= 15 is 0 Å². The monoisotopic (exact) mass is 321 g/mol. The molecule has 0 unspecified atom stereocenters. The first-order chi connectivity index (χ1) is 11.1. The zero-order chi connectivity index (χ0) is 16.2. The molecule has 1 amide bonds. The van der Waals surface area contributed by atoms with E-state index in [4.69, 9.17) is 9.26 Å². The number of carbonyl (C=O) groups is 1. The molecule has 0 spiro atoms. The number of ether oxygens (including phenoxy) is 1. The summed E-state index contributed by atoms with van der Waals surface area (Å²) in [6, 6.07) is 0. The van der Waals surface area contributed by atoms with E-state index in [1.165, 1.54) is 12.8 Å². The molecule has 2 aliphatic rings. The lowest BCUT2D eigenvalue weighted by molar-refractivity contribution is -0.130. The van der Waals surface area contributed by atoms with Crippen LogP contribution in [0.4, 0.5) is 0 Å². The Hall–Kier alpha value is -1.40. The van der Waals surface area contributed by atoms with Crippen LogP contribution in [-0.4, -0.2) is 66.3 Å². The second kappa shape index (κ2) is 7.45. The van der Waals surface area contributed by atoms with Gasteiger partial charge in [-0.2, -0.15) is 0 Å². The van der Waals surface area contributed by atoms with Gasteiger partial charge in [0.1, 0.15) is 5.76 Å². The highest BCUT2D eigenvalue weighted by molar-refractivity contribution is 5.79. The zero-order valence-electron chi connectivity index (χ0n) is 14.2. The summed E-state index contributed by atoms with van der Waals surface area (Å²) < 4.78 is 10.9. The van der Waals surface area contributed by atoms with Crippen molar-refractivity contribution in [3.8, 4) is 0 Å². The molecule has 1 aromatic heterocycles. The second-order valence-electron chi connectivity index (χ2n) is 6.65. The van der Waals surface area contributed by atoms with E-state index in [9.17, 15) is 4.79 Å². The number of carbonyl (C=O) groups excluding carboxylic acids is 1. The van der Waals surface area contributed by atoms with Crippen molar-refractivity contribution in [2.75, 3.05) is 39.3 Å². The van der Waals surface area contributed by atoms with Gasteiger partial charge in [0, 0.05) is 38.3 Å². The van der Waals surface area contributed by atoms with E-state index < -0.39 is 0 Å². The van der Waals surface area contributed by atoms with Gasteiger partial charge in [0.05, 0.1) is 18.2 Å². The van der Waals surface area contributed by atoms with E-state index in [0.29, 0.717) is 12.5 Å².